The van der Waals surface area contributed by atoms with Crippen LogP contribution in [0.4, 0.5) is 10.5 Å². The van der Waals surface area contributed by atoms with Crippen LogP contribution < -0.4 is 4.90 Å². The highest BCUT2D eigenvalue weighted by Gasteiger charge is 2.55. The lowest BCUT2D eigenvalue weighted by Crippen LogP contribution is -2.52. The molecule has 2 aliphatic carbocycles. The predicted octanol–water partition coefficient (Wildman–Crippen LogP) is 6.83. The van der Waals surface area contributed by atoms with Crippen LogP contribution in [0.1, 0.15) is 81.7 Å². The fourth-order valence-electron chi connectivity index (χ4n) is 7.61. The van der Waals surface area contributed by atoms with E-state index in [2.05, 4.69) is 56.2 Å². The van der Waals surface area contributed by atoms with Gasteiger partial charge in [-0.2, -0.15) is 0 Å². The summed E-state index contributed by atoms with van der Waals surface area (Å²) >= 11 is 6.27. The third-order valence-corrected chi connectivity index (χ3v) is 10.2. The number of hydrogen-bond acceptors (Lipinski definition) is 6. The molecule has 222 valence electrons. The Hall–Kier alpha value is -3.39. The maximum absolute atomic E-state index is 13.7. The average molecular weight is 591 g/mol. The molecule has 2 aromatic carbocycles. The third kappa shape index (κ3) is 5.08. The van der Waals surface area contributed by atoms with E-state index in [0.29, 0.717) is 35.4 Å². The normalized spacial score (nSPS) is 27.0. The van der Waals surface area contributed by atoms with Gasteiger partial charge in [-0.25, -0.2) is 9.48 Å². The molecular formula is C33H39ClN4O4. The first kappa shape index (κ1) is 28.7. The van der Waals surface area contributed by atoms with E-state index in [1.165, 1.54) is 21.6 Å². The molecular weight excluding hydrogens is 552 g/mol. The molecule has 6 rings (SSSR count). The highest BCUT2D eigenvalue weighted by molar-refractivity contribution is 6.33. The molecule has 1 saturated carbocycles. The number of nitrogens with zero attached hydrogens (tertiary/aromatic N) is 4. The van der Waals surface area contributed by atoms with E-state index in [-0.39, 0.29) is 23.9 Å². The van der Waals surface area contributed by atoms with Gasteiger partial charge < -0.3 is 9.47 Å². The summed E-state index contributed by atoms with van der Waals surface area (Å²) in [7, 11) is 0. The molecule has 3 aliphatic rings. The molecule has 0 radical (unpaired) electrons. The number of carbonyl (C=O) groups excluding carboxylic acids is 2. The van der Waals surface area contributed by atoms with Crippen LogP contribution in [0.2, 0.25) is 5.02 Å². The zero-order valence-corrected chi connectivity index (χ0v) is 25.6. The third-order valence-electron chi connectivity index (χ3n) is 9.86. The number of hydrogen-bond donors (Lipinski definition) is 0. The van der Waals surface area contributed by atoms with Crippen molar-refractivity contribution in [2.75, 3.05) is 11.4 Å². The first-order valence-electron chi connectivity index (χ1n) is 15.0. The Labute approximate surface area is 252 Å². The van der Waals surface area contributed by atoms with Gasteiger partial charge in [-0.15, -0.1) is 5.10 Å². The molecule has 1 unspecified atom stereocenters. The van der Waals surface area contributed by atoms with Gasteiger partial charge in [-0.3, -0.25) is 9.69 Å². The summed E-state index contributed by atoms with van der Waals surface area (Å²) in [5.41, 5.74) is 4.81. The van der Waals surface area contributed by atoms with Crippen LogP contribution in [0, 0.1) is 11.3 Å². The van der Waals surface area contributed by atoms with Gasteiger partial charge in [0.1, 0.15) is 18.4 Å². The minimum absolute atomic E-state index is 0.0468. The number of halogens is 1. The fraction of sp³-hybridized carbons (Fsp3) is 0.515. The van der Waals surface area contributed by atoms with Crippen molar-refractivity contribution in [2.45, 2.75) is 90.4 Å². The molecule has 0 spiro atoms. The van der Waals surface area contributed by atoms with Gasteiger partial charge in [0, 0.05) is 0 Å². The van der Waals surface area contributed by atoms with Gasteiger partial charge in [0.15, 0.2) is 0 Å². The lowest BCUT2D eigenvalue weighted by Gasteiger charge is -2.54. The lowest BCUT2D eigenvalue weighted by molar-refractivity contribution is -0.166. The number of rotatable bonds is 7. The zero-order valence-electron chi connectivity index (χ0n) is 24.8. The number of carbonyl (C=O) groups is 2. The average Bonchev–Trinajstić information content (AvgIpc) is 3.57. The molecule has 1 amide bonds. The van der Waals surface area contributed by atoms with Crippen molar-refractivity contribution < 1.29 is 19.1 Å². The summed E-state index contributed by atoms with van der Waals surface area (Å²) < 4.78 is 13.1. The summed E-state index contributed by atoms with van der Waals surface area (Å²) in [5.74, 6) is 0.564. The van der Waals surface area contributed by atoms with Crippen molar-refractivity contribution in [3.8, 4) is 0 Å². The fourth-order valence-corrected chi connectivity index (χ4v) is 7.84. The van der Waals surface area contributed by atoms with Gasteiger partial charge >= 0.3 is 12.1 Å². The Morgan fingerprint density at radius 3 is 2.79 bits per heavy atom. The molecule has 0 bridgehead atoms. The molecule has 3 aromatic rings. The van der Waals surface area contributed by atoms with Crippen molar-refractivity contribution in [1.29, 1.82) is 0 Å². The number of cyclic esters (lactones) is 1. The van der Waals surface area contributed by atoms with Crippen molar-refractivity contribution in [3.05, 3.63) is 76.1 Å². The Morgan fingerprint density at radius 1 is 1.19 bits per heavy atom. The van der Waals surface area contributed by atoms with E-state index in [4.69, 9.17) is 21.1 Å². The van der Waals surface area contributed by atoms with Crippen LogP contribution in [0.25, 0.3) is 0 Å². The molecule has 1 saturated heterocycles. The van der Waals surface area contributed by atoms with E-state index >= 15 is 0 Å². The van der Waals surface area contributed by atoms with E-state index in [0.717, 1.165) is 32.1 Å². The summed E-state index contributed by atoms with van der Waals surface area (Å²) in [5, 5.41) is 8.89. The van der Waals surface area contributed by atoms with Crippen LogP contribution in [0.3, 0.4) is 0 Å². The number of amides is 1. The number of fused-ring (bicyclic) bond motifs is 3. The minimum Gasteiger partial charge on any atom is -0.459 e. The second-order valence-electron chi connectivity index (χ2n) is 12.9. The van der Waals surface area contributed by atoms with Gasteiger partial charge in [-0.1, -0.05) is 74.3 Å². The number of anilines is 1. The van der Waals surface area contributed by atoms with Crippen LogP contribution in [-0.2, 0) is 39.3 Å². The Balaban J connectivity index is 1.09. The maximum Gasteiger partial charge on any atom is 0.414 e. The molecule has 1 aliphatic heterocycles. The highest BCUT2D eigenvalue weighted by Crippen LogP contribution is 2.57. The Bertz CT molecular complexity index is 1500. The van der Waals surface area contributed by atoms with Gasteiger partial charge in [0.05, 0.1) is 35.4 Å². The number of ether oxygens (including phenoxy) is 2. The quantitative estimate of drug-likeness (QED) is 0.280. The van der Waals surface area contributed by atoms with Crippen molar-refractivity contribution in [2.24, 2.45) is 11.3 Å². The van der Waals surface area contributed by atoms with E-state index in [1.807, 2.05) is 12.1 Å². The predicted molar refractivity (Wildman–Crippen MR) is 161 cm³/mol. The monoisotopic (exact) mass is 590 g/mol. The number of aryl methyl sites for hydroxylation is 1. The molecule has 1 aromatic heterocycles. The van der Waals surface area contributed by atoms with E-state index < -0.39 is 17.6 Å². The number of benzene rings is 2. The van der Waals surface area contributed by atoms with Gasteiger partial charge in [0.2, 0.25) is 0 Å². The van der Waals surface area contributed by atoms with Gasteiger partial charge in [0.25, 0.3) is 0 Å². The van der Waals surface area contributed by atoms with Crippen LogP contribution in [0.15, 0.2) is 48.7 Å². The number of para-hydroxylation sites is 1. The Morgan fingerprint density at radius 2 is 2.00 bits per heavy atom. The summed E-state index contributed by atoms with van der Waals surface area (Å²) in [6.45, 7) is 9.67. The molecule has 4 atom stereocenters. The molecule has 9 heteroatoms. The second kappa shape index (κ2) is 11.0. The van der Waals surface area contributed by atoms with E-state index in [1.54, 1.807) is 23.0 Å². The van der Waals surface area contributed by atoms with Crippen molar-refractivity contribution in [1.82, 2.24) is 15.0 Å². The molecule has 2 fully saturated rings. The maximum atomic E-state index is 13.7. The number of esters is 1. The van der Waals surface area contributed by atoms with Crippen molar-refractivity contribution in [3.63, 3.8) is 0 Å². The first-order chi connectivity index (χ1) is 20.1. The van der Waals surface area contributed by atoms with Crippen LogP contribution in [0.5, 0.6) is 0 Å². The van der Waals surface area contributed by atoms with Crippen LogP contribution >= 0.6 is 11.6 Å². The van der Waals surface area contributed by atoms with Crippen LogP contribution in [-0.4, -0.2) is 39.7 Å². The lowest BCUT2D eigenvalue weighted by atomic mass is 9.49. The van der Waals surface area contributed by atoms with Crippen molar-refractivity contribution >= 4 is 29.4 Å². The summed E-state index contributed by atoms with van der Waals surface area (Å²) in [4.78, 5) is 27.7. The SMILES string of the molecule is CC(C)c1ccc2c(c1)CC[C@H]1[C@](C)(C(=O)OCc3cn(CC4CN(c5ccccc5Cl)C(=O)O4)nn3)CCC[C@]21C. The minimum atomic E-state index is -0.558. The Kier molecular flexibility index (Phi) is 7.54. The smallest absolute Gasteiger partial charge is 0.414 e. The molecule has 42 heavy (non-hydrogen) atoms. The molecule has 0 N–H and O–H groups in total. The standard InChI is InChI=1S/C33H39ClN4O4/c1-21(2)22-10-12-26-23(16-22)11-13-29-32(26,3)14-7-15-33(29,4)30(39)41-20-24-17-37(36-35-24)18-25-19-38(31(40)42-25)28-9-6-5-8-27(28)34/h5-6,8-10,12,16-17,21,25,29H,7,11,13-15,18-20H2,1-4H3/t25?,29-,32-,33-/m1/s1. The summed E-state index contributed by atoms with van der Waals surface area (Å²) in [6, 6.07) is 14.2. The largest absolute Gasteiger partial charge is 0.459 e. The second-order valence-corrected chi connectivity index (χ2v) is 13.3. The highest BCUT2D eigenvalue weighted by atomic mass is 35.5. The summed E-state index contributed by atoms with van der Waals surface area (Å²) in [6.07, 6.45) is 5.78. The topological polar surface area (TPSA) is 86.5 Å². The van der Waals surface area contributed by atoms with E-state index in [9.17, 15) is 9.59 Å². The molecule has 2 heterocycles. The number of aromatic nitrogens is 3. The molecule has 8 nitrogen and oxygen atoms in total. The zero-order chi connectivity index (χ0) is 29.6. The first-order valence-corrected chi connectivity index (χ1v) is 15.4. The van der Waals surface area contributed by atoms with Gasteiger partial charge in [-0.05, 0) is 78.7 Å².